The molecule has 3 aliphatic heterocycles. The van der Waals surface area contributed by atoms with Crippen LogP contribution in [-0.4, -0.2) is 36.8 Å². The second-order valence-corrected chi connectivity index (χ2v) is 9.92. The summed E-state index contributed by atoms with van der Waals surface area (Å²) in [6, 6.07) is 26.8. The first-order valence-corrected chi connectivity index (χ1v) is 12.7. The maximum absolute atomic E-state index is 14.2. The molecule has 2 fully saturated rings. The average Bonchev–Trinajstić information content (AvgIpc) is 3.44. The Labute approximate surface area is 219 Å². The Balaban J connectivity index is 1.38. The van der Waals surface area contributed by atoms with E-state index in [9.17, 15) is 14.4 Å². The summed E-state index contributed by atoms with van der Waals surface area (Å²) >= 11 is 0. The van der Waals surface area contributed by atoms with E-state index in [1.807, 2.05) is 83.8 Å². The molecule has 0 bridgehead atoms. The highest BCUT2D eigenvalue weighted by atomic mass is 16.5. The van der Waals surface area contributed by atoms with E-state index in [1.54, 1.807) is 31.4 Å². The number of para-hydroxylation sites is 1. The van der Waals surface area contributed by atoms with Crippen molar-refractivity contribution in [3.63, 3.8) is 0 Å². The Morgan fingerprint density at radius 1 is 0.763 bits per heavy atom. The second kappa shape index (κ2) is 8.42. The molecule has 3 heterocycles. The lowest BCUT2D eigenvalue weighted by Crippen LogP contribution is -2.48. The zero-order chi connectivity index (χ0) is 26.0. The van der Waals surface area contributed by atoms with Gasteiger partial charge in [-0.15, -0.1) is 0 Å². The van der Waals surface area contributed by atoms with Crippen molar-refractivity contribution in [1.82, 2.24) is 0 Å². The van der Waals surface area contributed by atoms with Crippen LogP contribution >= 0.6 is 0 Å². The molecule has 0 aromatic heterocycles. The Morgan fingerprint density at radius 3 is 2.26 bits per heavy atom. The fourth-order valence-corrected chi connectivity index (χ4v) is 6.38. The van der Waals surface area contributed by atoms with Crippen molar-refractivity contribution >= 4 is 45.8 Å². The molecule has 0 radical (unpaired) electrons. The first kappa shape index (κ1) is 22.5. The number of anilines is 2. The van der Waals surface area contributed by atoms with Gasteiger partial charge in [-0.1, -0.05) is 66.7 Å². The van der Waals surface area contributed by atoms with Gasteiger partial charge in [0.15, 0.2) is 5.78 Å². The molecule has 0 saturated carbocycles. The number of imide groups is 1. The van der Waals surface area contributed by atoms with Crippen LogP contribution in [0.5, 0.6) is 5.75 Å². The fraction of sp³-hybridized carbons (Fsp3) is 0.156. The highest BCUT2D eigenvalue weighted by Crippen LogP contribution is 2.50. The smallest absolute Gasteiger partial charge is 0.240 e. The fourth-order valence-electron chi connectivity index (χ4n) is 6.38. The van der Waals surface area contributed by atoms with Crippen molar-refractivity contribution in [3.05, 3.63) is 108 Å². The SMILES string of the molecule is COc1ccc(C(=O)[C@H]2[C@@H]3C(=O)N(c4cccc5ccccc45)C(=O)[C@@H]3[C@H]3C=Cc4ccccc4N32)cc1. The van der Waals surface area contributed by atoms with Gasteiger partial charge in [0.2, 0.25) is 11.8 Å². The van der Waals surface area contributed by atoms with Gasteiger partial charge in [0.05, 0.1) is 30.7 Å². The molecule has 186 valence electrons. The minimum atomic E-state index is -0.819. The zero-order valence-electron chi connectivity index (χ0n) is 20.7. The van der Waals surface area contributed by atoms with E-state index in [0.29, 0.717) is 17.0 Å². The lowest BCUT2D eigenvalue weighted by Gasteiger charge is -2.36. The van der Waals surface area contributed by atoms with Gasteiger partial charge in [-0.05, 0) is 47.3 Å². The van der Waals surface area contributed by atoms with Crippen molar-refractivity contribution in [1.29, 1.82) is 0 Å². The number of fused-ring (bicyclic) bond motifs is 6. The van der Waals surface area contributed by atoms with Gasteiger partial charge < -0.3 is 9.64 Å². The number of ether oxygens (including phenoxy) is 1. The third-order valence-corrected chi connectivity index (χ3v) is 8.07. The molecule has 3 aliphatic rings. The number of carbonyl (C=O) groups excluding carboxylic acids is 3. The van der Waals surface area contributed by atoms with Crippen LogP contribution in [0.1, 0.15) is 15.9 Å². The van der Waals surface area contributed by atoms with Crippen LogP contribution < -0.4 is 14.5 Å². The van der Waals surface area contributed by atoms with E-state index in [0.717, 1.165) is 22.0 Å². The van der Waals surface area contributed by atoms with Crippen molar-refractivity contribution in [2.24, 2.45) is 11.8 Å². The Hall–Kier alpha value is -4.71. The van der Waals surface area contributed by atoms with Gasteiger partial charge in [0.25, 0.3) is 0 Å². The highest BCUT2D eigenvalue weighted by molar-refractivity contribution is 6.27. The van der Waals surface area contributed by atoms with Crippen molar-refractivity contribution in [3.8, 4) is 5.75 Å². The number of benzene rings is 4. The number of nitrogens with zero attached hydrogens (tertiary/aromatic N) is 2. The van der Waals surface area contributed by atoms with Crippen LogP contribution in [0.2, 0.25) is 0 Å². The Bertz CT molecular complexity index is 1650. The molecule has 2 amide bonds. The summed E-state index contributed by atoms with van der Waals surface area (Å²) in [7, 11) is 1.57. The summed E-state index contributed by atoms with van der Waals surface area (Å²) in [5, 5.41) is 1.78. The predicted octanol–water partition coefficient (Wildman–Crippen LogP) is 5.12. The van der Waals surface area contributed by atoms with Gasteiger partial charge in [0.1, 0.15) is 11.8 Å². The summed E-state index contributed by atoms with van der Waals surface area (Å²) in [6.45, 7) is 0. The lowest BCUT2D eigenvalue weighted by atomic mass is 9.86. The van der Waals surface area contributed by atoms with E-state index >= 15 is 0 Å². The number of methoxy groups -OCH3 is 1. The molecule has 7 rings (SSSR count). The molecule has 6 heteroatoms. The molecule has 4 atom stereocenters. The van der Waals surface area contributed by atoms with E-state index in [2.05, 4.69) is 0 Å². The van der Waals surface area contributed by atoms with Gasteiger partial charge >= 0.3 is 0 Å². The van der Waals surface area contributed by atoms with E-state index < -0.39 is 23.9 Å². The number of carbonyl (C=O) groups is 3. The molecule has 38 heavy (non-hydrogen) atoms. The van der Waals surface area contributed by atoms with Crippen LogP contribution in [0.15, 0.2) is 97.1 Å². The topological polar surface area (TPSA) is 66.9 Å². The standard InChI is InChI=1S/C32H24N2O4/c1-38-22-16-13-21(14-17-22)30(35)29-28-27(26-18-15-20-8-3-5-11-24(20)33(26)29)31(36)34(32(28)37)25-12-6-9-19-7-2-4-10-23(19)25/h2-18,26-29H,1H3/t26-,27-,28-,29-/m1/s1. The van der Waals surface area contributed by atoms with Crippen molar-refractivity contribution in [2.75, 3.05) is 16.9 Å². The van der Waals surface area contributed by atoms with Gasteiger partial charge in [0, 0.05) is 16.6 Å². The largest absolute Gasteiger partial charge is 0.497 e. The van der Waals surface area contributed by atoms with Crippen LogP contribution in [-0.2, 0) is 9.59 Å². The molecule has 0 N–H and O–H groups in total. The molecule has 4 aromatic rings. The summed E-state index contributed by atoms with van der Waals surface area (Å²) in [4.78, 5) is 45.8. The maximum Gasteiger partial charge on any atom is 0.240 e. The third-order valence-electron chi connectivity index (χ3n) is 8.07. The quantitative estimate of drug-likeness (QED) is 0.287. The molecular weight excluding hydrogens is 476 g/mol. The predicted molar refractivity (Wildman–Crippen MR) is 146 cm³/mol. The lowest BCUT2D eigenvalue weighted by molar-refractivity contribution is -0.122. The van der Waals surface area contributed by atoms with Crippen LogP contribution in [0, 0.1) is 11.8 Å². The number of rotatable bonds is 4. The van der Waals surface area contributed by atoms with Crippen LogP contribution in [0.25, 0.3) is 16.8 Å². The van der Waals surface area contributed by atoms with Gasteiger partial charge in [-0.25, -0.2) is 4.90 Å². The molecule has 0 aliphatic carbocycles. The summed E-state index contributed by atoms with van der Waals surface area (Å²) in [5.41, 5.74) is 2.86. The minimum Gasteiger partial charge on any atom is -0.497 e. The molecule has 2 saturated heterocycles. The van der Waals surface area contributed by atoms with Crippen molar-refractivity contribution in [2.45, 2.75) is 12.1 Å². The third kappa shape index (κ3) is 3.10. The van der Waals surface area contributed by atoms with Gasteiger partial charge in [-0.3, -0.25) is 14.4 Å². The number of hydrogen-bond acceptors (Lipinski definition) is 5. The van der Waals surface area contributed by atoms with Crippen LogP contribution in [0.3, 0.4) is 0 Å². The first-order chi connectivity index (χ1) is 18.6. The molecule has 0 spiro atoms. The normalized spacial score (nSPS) is 23.4. The number of amides is 2. The average molecular weight is 501 g/mol. The molecule has 6 nitrogen and oxygen atoms in total. The van der Waals surface area contributed by atoms with Crippen molar-refractivity contribution < 1.29 is 19.1 Å². The summed E-state index contributed by atoms with van der Waals surface area (Å²) < 4.78 is 5.27. The zero-order valence-corrected chi connectivity index (χ0v) is 20.7. The first-order valence-electron chi connectivity index (χ1n) is 12.7. The Kier molecular flexibility index (Phi) is 4.98. The van der Waals surface area contributed by atoms with E-state index in [-0.39, 0.29) is 17.6 Å². The number of ketones is 1. The summed E-state index contributed by atoms with van der Waals surface area (Å²) in [6.07, 6.45) is 3.96. The van der Waals surface area contributed by atoms with Crippen LogP contribution in [0.4, 0.5) is 11.4 Å². The number of hydrogen-bond donors (Lipinski definition) is 0. The second-order valence-electron chi connectivity index (χ2n) is 9.92. The Morgan fingerprint density at radius 2 is 1.45 bits per heavy atom. The monoisotopic (exact) mass is 500 g/mol. The summed E-state index contributed by atoms with van der Waals surface area (Å²) in [5.74, 6) is -1.61. The van der Waals surface area contributed by atoms with E-state index in [1.165, 1.54) is 4.90 Å². The highest BCUT2D eigenvalue weighted by Gasteiger charge is 2.64. The molecule has 4 aromatic carbocycles. The van der Waals surface area contributed by atoms with Gasteiger partial charge in [-0.2, -0.15) is 0 Å². The maximum atomic E-state index is 14.2. The molecular formula is C32H24N2O4. The minimum absolute atomic E-state index is 0.184. The van der Waals surface area contributed by atoms with E-state index in [4.69, 9.17) is 4.74 Å². The molecule has 0 unspecified atom stereocenters. The number of Topliss-reactive ketones (excluding diaryl/α,β-unsaturated/α-hetero) is 1.